The number of hydrogen-bond acceptors (Lipinski definition) is 13. The standard InChI is InChI=1S/C34H55N7O9.Gd/c1-5-24(3)18-35-33(49)26-15-27(34(50)36-19-25(4)6-2)17-28(16-26)37-29(42)20-38-7-9-39(21-30(43)44)11-13-41(23-32(47)48)14-12-40(10-8-38)22-31(45)46;/h15-17,24-25H,5-14,18-23H2,1-4H3,(H,35,49)(H,36,50)(H,37,42)(H,43,44)(H,45,46)(H,47,48);/q;+3/p-3. The van der Waals surface area contributed by atoms with Crippen molar-refractivity contribution in [2.45, 2.75) is 40.5 Å². The summed E-state index contributed by atoms with van der Waals surface area (Å²) in [6.07, 6.45) is 1.74. The molecule has 17 heteroatoms. The molecule has 0 saturated carbocycles. The quantitative estimate of drug-likeness (QED) is 0.140. The smallest absolute Gasteiger partial charge is 0.549 e. The monoisotopic (exact) mass is 860 g/mol. The van der Waals surface area contributed by atoms with Crippen LogP contribution in [0.1, 0.15) is 61.3 Å². The first-order valence-corrected chi connectivity index (χ1v) is 17.2. The van der Waals surface area contributed by atoms with Crippen LogP contribution in [-0.2, 0) is 19.2 Å². The van der Waals surface area contributed by atoms with Crippen molar-refractivity contribution < 1.29 is 84.0 Å². The molecule has 3 amide bonds. The number of anilines is 1. The average molecular weight is 860 g/mol. The molecule has 2 unspecified atom stereocenters. The maximum atomic E-state index is 13.4. The van der Waals surface area contributed by atoms with Gasteiger partial charge < -0.3 is 45.7 Å². The fraction of sp³-hybridized carbons (Fsp3) is 0.647. The molecule has 51 heavy (non-hydrogen) atoms. The van der Waals surface area contributed by atoms with E-state index in [1.54, 1.807) is 19.6 Å². The van der Waals surface area contributed by atoms with E-state index in [1.165, 1.54) is 18.2 Å². The number of nitrogens with zero attached hydrogens (tertiary/aromatic N) is 4. The zero-order chi connectivity index (χ0) is 37.2. The van der Waals surface area contributed by atoms with Crippen LogP contribution in [-0.4, -0.2) is 147 Å². The zero-order valence-corrected chi connectivity index (χ0v) is 32.3. The normalized spacial score (nSPS) is 16.7. The number of carbonyl (C=O) groups is 6. The van der Waals surface area contributed by atoms with Crippen molar-refractivity contribution in [1.29, 1.82) is 0 Å². The molecule has 2 atom stereocenters. The van der Waals surface area contributed by atoms with Gasteiger partial charge >= 0.3 is 39.9 Å². The van der Waals surface area contributed by atoms with E-state index in [9.17, 15) is 44.1 Å². The van der Waals surface area contributed by atoms with Gasteiger partial charge in [0.15, 0.2) is 0 Å². The minimum absolute atomic E-state index is 0. The summed E-state index contributed by atoms with van der Waals surface area (Å²) in [4.78, 5) is 80.3. The summed E-state index contributed by atoms with van der Waals surface area (Å²) < 4.78 is 0. The molecule has 2 rings (SSSR count). The third-order valence-electron chi connectivity index (χ3n) is 8.71. The van der Waals surface area contributed by atoms with E-state index >= 15 is 0 Å². The summed E-state index contributed by atoms with van der Waals surface area (Å²) >= 11 is 0. The number of rotatable bonds is 17. The molecular weight excluding hydrogens is 808 g/mol. The van der Waals surface area contributed by atoms with Crippen LogP contribution < -0.4 is 31.3 Å². The number of hydrogen-bond donors (Lipinski definition) is 3. The number of carboxylic acids is 3. The Morgan fingerprint density at radius 1 is 0.588 bits per heavy atom. The third-order valence-corrected chi connectivity index (χ3v) is 8.71. The van der Waals surface area contributed by atoms with Crippen molar-refractivity contribution in [3.05, 3.63) is 29.3 Å². The zero-order valence-electron chi connectivity index (χ0n) is 30.0. The van der Waals surface area contributed by atoms with Crippen molar-refractivity contribution in [2.24, 2.45) is 11.8 Å². The van der Waals surface area contributed by atoms with E-state index in [-0.39, 0.29) is 139 Å². The Bertz CT molecular complexity index is 1240. The molecular formula is C34H52GdN7O9. The minimum Gasteiger partial charge on any atom is -0.549 e. The fourth-order valence-electron chi connectivity index (χ4n) is 5.15. The van der Waals surface area contributed by atoms with E-state index in [0.29, 0.717) is 13.1 Å². The Labute approximate surface area is 332 Å². The van der Waals surface area contributed by atoms with Crippen LogP contribution in [0.25, 0.3) is 0 Å². The van der Waals surface area contributed by atoms with Gasteiger partial charge in [-0.15, -0.1) is 0 Å². The molecule has 1 fully saturated rings. The first-order valence-electron chi connectivity index (χ1n) is 17.2. The summed E-state index contributed by atoms with van der Waals surface area (Å²) in [5.74, 6) is -4.71. The number of carboxylic acid groups (broad SMARTS) is 3. The maximum Gasteiger partial charge on any atom is 3.00 e. The molecule has 1 aliphatic heterocycles. The molecule has 3 N–H and O–H groups in total. The third kappa shape index (κ3) is 19.0. The summed E-state index contributed by atoms with van der Waals surface area (Å²) in [7, 11) is 0. The van der Waals surface area contributed by atoms with Gasteiger partial charge in [0, 0.05) is 102 Å². The number of nitrogens with one attached hydrogen (secondary N) is 3. The van der Waals surface area contributed by atoms with Crippen molar-refractivity contribution >= 4 is 41.3 Å². The SMILES string of the molecule is CCC(C)CNC(=O)c1cc(NC(=O)CN2CCN(CC(=O)[O-])CCN(CC(=O)[O-])CCN(CC(=O)[O-])CC2)cc(C(=O)NCC(C)CC)c1.[Gd+3]. The molecule has 1 aromatic carbocycles. The van der Waals surface area contributed by atoms with Crippen LogP contribution in [0, 0.1) is 51.8 Å². The summed E-state index contributed by atoms with van der Waals surface area (Å²) in [6.45, 7) is 9.01. The summed E-state index contributed by atoms with van der Waals surface area (Å²) in [6, 6.07) is 4.47. The Morgan fingerprint density at radius 3 is 1.20 bits per heavy atom. The van der Waals surface area contributed by atoms with Gasteiger partial charge in [-0.3, -0.25) is 34.0 Å². The van der Waals surface area contributed by atoms with Gasteiger partial charge in [-0.2, -0.15) is 0 Å². The van der Waals surface area contributed by atoms with E-state index in [2.05, 4.69) is 16.0 Å². The van der Waals surface area contributed by atoms with Crippen LogP contribution in [0.3, 0.4) is 0 Å². The van der Waals surface area contributed by atoms with Crippen molar-refractivity contribution in [3.63, 3.8) is 0 Å². The number of benzene rings is 1. The Hall–Kier alpha value is -2.80. The summed E-state index contributed by atoms with van der Waals surface area (Å²) in [5.41, 5.74) is 0.642. The Kier molecular flexibility index (Phi) is 22.2. The van der Waals surface area contributed by atoms with Crippen molar-refractivity contribution in [2.75, 3.05) is 96.9 Å². The first kappa shape index (κ1) is 46.2. The Balaban J connectivity index is 0.0000130. The second-order valence-electron chi connectivity index (χ2n) is 13.0. The van der Waals surface area contributed by atoms with Crippen LogP contribution in [0.4, 0.5) is 5.69 Å². The maximum absolute atomic E-state index is 13.4. The van der Waals surface area contributed by atoms with Crippen LogP contribution in [0.2, 0.25) is 0 Å². The largest absolute Gasteiger partial charge is 3.00 e. The number of amides is 3. The van der Waals surface area contributed by atoms with Gasteiger partial charge in [-0.1, -0.05) is 40.5 Å². The van der Waals surface area contributed by atoms with Gasteiger partial charge in [-0.05, 0) is 30.0 Å². The van der Waals surface area contributed by atoms with Gasteiger partial charge in [0.05, 0.1) is 24.5 Å². The summed E-state index contributed by atoms with van der Waals surface area (Å²) in [5, 5.41) is 42.8. The Morgan fingerprint density at radius 2 is 0.902 bits per heavy atom. The molecule has 285 valence electrons. The van der Waals surface area contributed by atoms with E-state index in [0.717, 1.165) is 12.8 Å². The predicted molar refractivity (Wildman–Crippen MR) is 179 cm³/mol. The van der Waals surface area contributed by atoms with Gasteiger partial charge in [-0.25, -0.2) is 0 Å². The van der Waals surface area contributed by atoms with Gasteiger partial charge in [0.1, 0.15) is 0 Å². The second kappa shape index (κ2) is 24.4. The van der Waals surface area contributed by atoms with Crippen molar-refractivity contribution in [1.82, 2.24) is 30.2 Å². The van der Waals surface area contributed by atoms with Crippen LogP contribution in [0.5, 0.6) is 0 Å². The molecule has 0 aliphatic carbocycles. The van der Waals surface area contributed by atoms with E-state index < -0.39 is 43.4 Å². The molecule has 1 heterocycles. The molecule has 0 spiro atoms. The fourth-order valence-corrected chi connectivity index (χ4v) is 5.15. The number of carbonyl (C=O) groups excluding carboxylic acids is 6. The van der Waals surface area contributed by atoms with E-state index in [1.807, 2.05) is 27.7 Å². The van der Waals surface area contributed by atoms with Gasteiger partial charge in [0.2, 0.25) is 5.91 Å². The van der Waals surface area contributed by atoms with Crippen LogP contribution >= 0.6 is 0 Å². The molecule has 16 nitrogen and oxygen atoms in total. The van der Waals surface area contributed by atoms with Crippen LogP contribution in [0.15, 0.2) is 18.2 Å². The topological polar surface area (TPSA) is 221 Å². The molecule has 0 bridgehead atoms. The first-order chi connectivity index (χ1) is 23.7. The van der Waals surface area contributed by atoms with Gasteiger partial charge in [0.25, 0.3) is 11.8 Å². The molecule has 1 aliphatic rings. The minimum atomic E-state index is -1.32. The molecule has 1 radical (unpaired) electrons. The predicted octanol–water partition coefficient (Wildman–Crippen LogP) is -3.35. The van der Waals surface area contributed by atoms with E-state index in [4.69, 9.17) is 0 Å². The second-order valence-corrected chi connectivity index (χ2v) is 13.0. The van der Waals surface area contributed by atoms with Crippen molar-refractivity contribution in [3.8, 4) is 0 Å². The molecule has 1 aromatic rings. The average Bonchev–Trinajstić information content (AvgIpc) is 3.05. The number of aliphatic carboxylic acids is 3. The molecule has 0 aromatic heterocycles. The molecule has 1 saturated heterocycles.